The zero-order chi connectivity index (χ0) is 26.5. The van der Waals surface area contributed by atoms with Gasteiger partial charge in [0.05, 0.1) is 0 Å². The number of carboxylic acid groups (broad SMARTS) is 1. The summed E-state index contributed by atoms with van der Waals surface area (Å²) >= 11 is 1.55. The number of halogens is 2. The molecule has 2 aliphatic rings. The Labute approximate surface area is 227 Å². The maximum atomic E-state index is 13.5. The van der Waals surface area contributed by atoms with Gasteiger partial charge in [-0.2, -0.15) is 11.3 Å². The fraction of sp³-hybridized carbons (Fsp3) is 0.452. The number of piperidine rings is 1. The van der Waals surface area contributed by atoms with E-state index in [0.717, 1.165) is 76.0 Å². The third kappa shape index (κ3) is 6.50. The minimum atomic E-state index is -0.786. The number of nitrogens with zero attached hydrogens (tertiary/aromatic N) is 2. The second-order valence-corrected chi connectivity index (χ2v) is 11.7. The van der Waals surface area contributed by atoms with E-state index in [-0.39, 0.29) is 0 Å². The molecule has 0 unspecified atom stereocenters. The highest BCUT2D eigenvalue weighted by Gasteiger charge is 2.41. The minimum Gasteiger partial charge on any atom is -0.480 e. The summed E-state index contributed by atoms with van der Waals surface area (Å²) in [6.45, 7) is 4.62. The molecule has 3 atom stereocenters. The number of aliphatic carboxylic acids is 1. The summed E-state index contributed by atoms with van der Waals surface area (Å²) in [5.74, 6) is -0.976. The van der Waals surface area contributed by atoms with Crippen LogP contribution in [0.2, 0.25) is 0 Å². The molecular formula is C31H36F2N2O2S. The predicted molar refractivity (Wildman–Crippen MR) is 147 cm³/mol. The highest BCUT2D eigenvalue weighted by Crippen LogP contribution is 2.39. The molecule has 7 heteroatoms. The summed E-state index contributed by atoms with van der Waals surface area (Å²) in [5.41, 5.74) is 3.03. The normalized spacial score (nSPS) is 22.1. The third-order valence-corrected chi connectivity index (χ3v) is 9.12. The number of rotatable bonds is 10. The molecule has 1 N–H and O–H groups in total. The van der Waals surface area contributed by atoms with Gasteiger partial charge in [0, 0.05) is 25.6 Å². The predicted octanol–water partition coefficient (Wildman–Crippen LogP) is 6.60. The summed E-state index contributed by atoms with van der Waals surface area (Å²) in [6, 6.07) is 16.1. The molecule has 5 rings (SSSR count). The lowest BCUT2D eigenvalue weighted by Crippen LogP contribution is -2.39. The van der Waals surface area contributed by atoms with Gasteiger partial charge in [0.25, 0.3) is 0 Å². The van der Waals surface area contributed by atoms with E-state index in [9.17, 15) is 18.7 Å². The standard InChI is InChI=1S/C31H36F2N2O2S/c32-28-10-9-23(17-29(28)33)6-4-5-22-11-14-34(15-12-22)18-26-19-35(20-27(26)24-7-2-1-3-8-24)30(31(36)37)25-13-16-38-21-25/h1-3,7-10,13,16-17,21-22,26-27,30H,4-6,11-12,14-15,18-20H2,(H,36,37)/t26-,27+,30+/m0/s1. The minimum absolute atomic E-state index is 0.311. The number of carbonyl (C=O) groups is 1. The summed E-state index contributed by atoms with van der Waals surface area (Å²) < 4.78 is 26.6. The van der Waals surface area contributed by atoms with E-state index in [4.69, 9.17) is 0 Å². The molecule has 3 heterocycles. The third-order valence-electron chi connectivity index (χ3n) is 8.42. The summed E-state index contributed by atoms with van der Waals surface area (Å²) in [7, 11) is 0. The Bertz CT molecular complexity index is 1180. The van der Waals surface area contributed by atoms with Crippen molar-refractivity contribution >= 4 is 17.3 Å². The van der Waals surface area contributed by atoms with Crippen LogP contribution >= 0.6 is 11.3 Å². The van der Waals surface area contributed by atoms with Crippen LogP contribution in [0.1, 0.15) is 54.3 Å². The Kier molecular flexibility index (Phi) is 8.87. The van der Waals surface area contributed by atoms with E-state index in [2.05, 4.69) is 34.1 Å². The lowest BCUT2D eigenvalue weighted by Gasteiger charge is -2.35. The average Bonchev–Trinajstić information content (AvgIpc) is 3.59. The molecule has 1 aromatic heterocycles. The first-order chi connectivity index (χ1) is 18.5. The average molecular weight is 539 g/mol. The molecule has 2 aliphatic heterocycles. The topological polar surface area (TPSA) is 43.8 Å². The summed E-state index contributed by atoms with van der Waals surface area (Å²) in [6.07, 6.45) is 5.18. The van der Waals surface area contributed by atoms with Gasteiger partial charge < -0.3 is 10.0 Å². The van der Waals surface area contributed by atoms with Crippen LogP contribution in [0.4, 0.5) is 8.78 Å². The first kappa shape index (κ1) is 27.0. The number of hydrogen-bond acceptors (Lipinski definition) is 4. The number of benzene rings is 2. The van der Waals surface area contributed by atoms with Crippen LogP contribution in [0, 0.1) is 23.5 Å². The first-order valence-corrected chi connectivity index (χ1v) is 14.6. The Balaban J connectivity index is 1.17. The molecule has 0 spiro atoms. The van der Waals surface area contributed by atoms with Gasteiger partial charge in [0.2, 0.25) is 0 Å². The molecule has 0 aliphatic carbocycles. The number of thiophene rings is 1. The second-order valence-electron chi connectivity index (χ2n) is 10.9. The fourth-order valence-electron chi connectivity index (χ4n) is 6.40. The van der Waals surface area contributed by atoms with Crippen LogP contribution in [0.3, 0.4) is 0 Å². The van der Waals surface area contributed by atoms with Crippen LogP contribution in [-0.4, -0.2) is 53.6 Å². The fourth-order valence-corrected chi connectivity index (χ4v) is 7.08. The van der Waals surface area contributed by atoms with Gasteiger partial charge in [0.15, 0.2) is 11.6 Å². The summed E-state index contributed by atoms with van der Waals surface area (Å²) in [4.78, 5) is 17.0. The first-order valence-electron chi connectivity index (χ1n) is 13.7. The molecule has 202 valence electrons. The molecule has 2 aromatic carbocycles. The van der Waals surface area contributed by atoms with Gasteiger partial charge in [-0.05, 0) is 96.3 Å². The van der Waals surface area contributed by atoms with Crippen molar-refractivity contribution in [1.29, 1.82) is 0 Å². The van der Waals surface area contributed by atoms with Crippen molar-refractivity contribution in [1.82, 2.24) is 9.80 Å². The van der Waals surface area contributed by atoms with E-state index in [1.54, 1.807) is 17.4 Å². The van der Waals surface area contributed by atoms with Crippen molar-refractivity contribution in [2.45, 2.75) is 44.1 Å². The van der Waals surface area contributed by atoms with E-state index < -0.39 is 23.6 Å². The van der Waals surface area contributed by atoms with E-state index in [1.165, 1.54) is 17.7 Å². The number of carboxylic acids is 1. The molecule has 0 saturated carbocycles. The molecule has 2 saturated heterocycles. The number of likely N-dealkylation sites (tertiary alicyclic amines) is 2. The Morgan fingerprint density at radius 3 is 2.50 bits per heavy atom. The Morgan fingerprint density at radius 1 is 1.03 bits per heavy atom. The molecule has 3 aromatic rings. The van der Waals surface area contributed by atoms with Gasteiger partial charge >= 0.3 is 5.97 Å². The Hall–Kier alpha value is -2.61. The van der Waals surface area contributed by atoms with Crippen LogP contribution < -0.4 is 0 Å². The highest BCUT2D eigenvalue weighted by molar-refractivity contribution is 7.08. The maximum Gasteiger partial charge on any atom is 0.325 e. The zero-order valence-corrected chi connectivity index (χ0v) is 22.5. The van der Waals surface area contributed by atoms with Crippen LogP contribution in [-0.2, 0) is 11.2 Å². The van der Waals surface area contributed by atoms with Gasteiger partial charge in [-0.15, -0.1) is 0 Å². The molecular weight excluding hydrogens is 502 g/mol. The van der Waals surface area contributed by atoms with Crippen molar-refractivity contribution < 1.29 is 18.7 Å². The van der Waals surface area contributed by atoms with Gasteiger partial charge in [-0.3, -0.25) is 9.69 Å². The number of aryl methyl sites for hydroxylation is 1. The molecule has 0 radical (unpaired) electrons. The van der Waals surface area contributed by atoms with Crippen molar-refractivity contribution in [2.24, 2.45) is 11.8 Å². The SMILES string of the molecule is O=C(O)[C@@H](c1ccsc1)N1C[C@H](CN2CCC(CCCc3ccc(F)c(F)c3)CC2)[C@@H](c2ccccc2)C1. The van der Waals surface area contributed by atoms with Crippen LogP contribution in [0.15, 0.2) is 65.4 Å². The maximum absolute atomic E-state index is 13.5. The van der Waals surface area contributed by atoms with Crippen LogP contribution in [0.25, 0.3) is 0 Å². The van der Waals surface area contributed by atoms with Gasteiger partial charge in [-0.25, -0.2) is 8.78 Å². The summed E-state index contributed by atoms with van der Waals surface area (Å²) in [5, 5.41) is 14.0. The van der Waals surface area contributed by atoms with Crippen molar-refractivity contribution in [2.75, 3.05) is 32.7 Å². The number of hydrogen-bond donors (Lipinski definition) is 1. The lowest BCUT2D eigenvalue weighted by atomic mass is 9.87. The van der Waals surface area contributed by atoms with Crippen molar-refractivity contribution in [3.63, 3.8) is 0 Å². The second kappa shape index (κ2) is 12.5. The molecule has 0 bridgehead atoms. The molecule has 0 amide bonds. The van der Waals surface area contributed by atoms with E-state index in [0.29, 0.717) is 17.8 Å². The van der Waals surface area contributed by atoms with E-state index in [1.807, 2.05) is 22.9 Å². The monoisotopic (exact) mass is 538 g/mol. The Morgan fingerprint density at radius 2 is 1.82 bits per heavy atom. The molecule has 38 heavy (non-hydrogen) atoms. The molecule has 2 fully saturated rings. The van der Waals surface area contributed by atoms with Crippen molar-refractivity contribution in [3.8, 4) is 0 Å². The zero-order valence-electron chi connectivity index (χ0n) is 21.6. The van der Waals surface area contributed by atoms with Crippen LogP contribution in [0.5, 0.6) is 0 Å². The largest absolute Gasteiger partial charge is 0.480 e. The molecule has 4 nitrogen and oxygen atoms in total. The quantitative estimate of drug-likeness (QED) is 0.316. The lowest BCUT2D eigenvalue weighted by molar-refractivity contribution is -0.143. The van der Waals surface area contributed by atoms with Crippen molar-refractivity contribution in [3.05, 3.63) is 93.7 Å². The smallest absolute Gasteiger partial charge is 0.325 e. The van der Waals surface area contributed by atoms with E-state index >= 15 is 0 Å². The van der Waals surface area contributed by atoms with Gasteiger partial charge in [0.1, 0.15) is 6.04 Å². The highest BCUT2D eigenvalue weighted by atomic mass is 32.1. The van der Waals surface area contributed by atoms with Gasteiger partial charge in [-0.1, -0.05) is 42.8 Å².